The number of hydrogen-bond donors (Lipinski definition) is 1. The molecule has 106 valence electrons. The molecule has 0 radical (unpaired) electrons. The summed E-state index contributed by atoms with van der Waals surface area (Å²) in [5, 5.41) is 10.7. The molecule has 0 aliphatic rings. The van der Waals surface area contributed by atoms with E-state index in [-0.39, 0.29) is 0 Å². The molecular formula is C16H17BrO3. The van der Waals surface area contributed by atoms with E-state index in [1.54, 1.807) is 14.2 Å². The maximum Gasteiger partial charge on any atom is 0.128 e. The molecule has 4 heteroatoms. The normalized spacial score (nSPS) is 12.1. The second-order valence-electron chi connectivity index (χ2n) is 4.49. The standard InChI is InChI=1S/C16H17BrO3/c1-10-7-8-11(9-12(10)17)16(18)15-13(19-2)5-4-6-14(15)20-3/h4-9,16,18H,1-3H3. The molecule has 0 saturated carbocycles. The topological polar surface area (TPSA) is 38.7 Å². The lowest BCUT2D eigenvalue weighted by molar-refractivity contribution is 0.208. The van der Waals surface area contributed by atoms with Crippen LogP contribution in [0.25, 0.3) is 0 Å². The molecule has 0 spiro atoms. The Morgan fingerprint density at radius 1 is 1.05 bits per heavy atom. The summed E-state index contributed by atoms with van der Waals surface area (Å²) in [5.74, 6) is 1.21. The molecule has 1 unspecified atom stereocenters. The van der Waals surface area contributed by atoms with Crippen molar-refractivity contribution in [3.63, 3.8) is 0 Å². The molecule has 0 amide bonds. The third-order valence-electron chi connectivity index (χ3n) is 3.25. The predicted octanol–water partition coefficient (Wildman–Crippen LogP) is 3.86. The van der Waals surface area contributed by atoms with Crippen LogP contribution in [0.3, 0.4) is 0 Å². The first-order valence-corrected chi connectivity index (χ1v) is 7.02. The van der Waals surface area contributed by atoms with Gasteiger partial charge >= 0.3 is 0 Å². The van der Waals surface area contributed by atoms with Crippen molar-refractivity contribution in [3.8, 4) is 11.5 Å². The Morgan fingerprint density at radius 2 is 1.65 bits per heavy atom. The Balaban J connectivity index is 2.51. The first-order chi connectivity index (χ1) is 9.58. The first kappa shape index (κ1) is 14.9. The minimum Gasteiger partial charge on any atom is -0.496 e. The Kier molecular flexibility index (Phi) is 4.68. The quantitative estimate of drug-likeness (QED) is 0.921. The van der Waals surface area contributed by atoms with Crippen molar-refractivity contribution in [2.45, 2.75) is 13.0 Å². The summed E-state index contributed by atoms with van der Waals surface area (Å²) in [6, 6.07) is 11.2. The van der Waals surface area contributed by atoms with Crippen molar-refractivity contribution in [1.82, 2.24) is 0 Å². The smallest absolute Gasteiger partial charge is 0.128 e. The van der Waals surface area contributed by atoms with E-state index in [2.05, 4.69) is 15.9 Å². The van der Waals surface area contributed by atoms with Gasteiger partial charge in [0.1, 0.15) is 17.6 Å². The molecule has 2 rings (SSSR count). The first-order valence-electron chi connectivity index (χ1n) is 6.23. The number of ether oxygens (including phenoxy) is 2. The third-order valence-corrected chi connectivity index (χ3v) is 4.11. The van der Waals surface area contributed by atoms with Crippen LogP contribution in [0.15, 0.2) is 40.9 Å². The number of benzene rings is 2. The van der Waals surface area contributed by atoms with E-state index < -0.39 is 6.10 Å². The average Bonchev–Trinajstić information content (AvgIpc) is 2.48. The SMILES string of the molecule is COc1cccc(OC)c1C(O)c1ccc(C)c(Br)c1. The Bertz CT molecular complexity index is 588. The van der Waals surface area contributed by atoms with Gasteiger partial charge in [-0.2, -0.15) is 0 Å². The number of aliphatic hydroxyl groups is 1. The summed E-state index contributed by atoms with van der Waals surface area (Å²) in [7, 11) is 3.16. The average molecular weight is 337 g/mol. The number of aryl methyl sites for hydroxylation is 1. The van der Waals surface area contributed by atoms with Crippen molar-refractivity contribution in [1.29, 1.82) is 0 Å². The van der Waals surface area contributed by atoms with Gasteiger partial charge in [0.05, 0.1) is 19.8 Å². The monoisotopic (exact) mass is 336 g/mol. The number of aliphatic hydroxyl groups excluding tert-OH is 1. The van der Waals surface area contributed by atoms with Crippen LogP contribution in [-0.4, -0.2) is 19.3 Å². The lowest BCUT2D eigenvalue weighted by Crippen LogP contribution is -2.05. The Morgan fingerprint density at radius 3 is 2.15 bits per heavy atom. The van der Waals surface area contributed by atoms with Crippen molar-refractivity contribution in [2.75, 3.05) is 14.2 Å². The molecule has 0 aromatic heterocycles. The molecule has 0 aliphatic carbocycles. The second kappa shape index (κ2) is 6.29. The third kappa shape index (κ3) is 2.81. The highest BCUT2D eigenvalue weighted by molar-refractivity contribution is 9.10. The van der Waals surface area contributed by atoms with Crippen LogP contribution >= 0.6 is 15.9 Å². The molecular weight excluding hydrogens is 320 g/mol. The van der Waals surface area contributed by atoms with Crippen LogP contribution < -0.4 is 9.47 Å². The number of rotatable bonds is 4. The molecule has 0 saturated heterocycles. The van der Waals surface area contributed by atoms with Gasteiger partial charge < -0.3 is 14.6 Å². The minimum absolute atomic E-state index is 0.605. The van der Waals surface area contributed by atoms with Gasteiger partial charge in [-0.15, -0.1) is 0 Å². The maximum absolute atomic E-state index is 10.7. The van der Waals surface area contributed by atoms with Crippen LogP contribution in [0.2, 0.25) is 0 Å². The number of methoxy groups -OCH3 is 2. The highest BCUT2D eigenvalue weighted by atomic mass is 79.9. The molecule has 3 nitrogen and oxygen atoms in total. The van der Waals surface area contributed by atoms with Gasteiger partial charge in [-0.05, 0) is 36.2 Å². The van der Waals surface area contributed by atoms with Gasteiger partial charge in [0, 0.05) is 4.47 Å². The lowest BCUT2D eigenvalue weighted by Gasteiger charge is -2.18. The molecule has 0 heterocycles. The molecule has 0 bridgehead atoms. The summed E-state index contributed by atoms with van der Waals surface area (Å²) >= 11 is 3.48. The van der Waals surface area contributed by atoms with Gasteiger partial charge in [-0.1, -0.05) is 34.1 Å². The molecule has 20 heavy (non-hydrogen) atoms. The van der Waals surface area contributed by atoms with Crippen LogP contribution in [0, 0.1) is 6.92 Å². The molecule has 1 atom stereocenters. The van der Waals surface area contributed by atoms with Crippen molar-refractivity contribution in [3.05, 3.63) is 57.6 Å². The molecule has 2 aromatic rings. The summed E-state index contributed by atoms with van der Waals surface area (Å²) in [4.78, 5) is 0. The zero-order valence-electron chi connectivity index (χ0n) is 11.7. The minimum atomic E-state index is -0.807. The second-order valence-corrected chi connectivity index (χ2v) is 5.34. The van der Waals surface area contributed by atoms with Crippen LogP contribution in [-0.2, 0) is 0 Å². The summed E-state index contributed by atoms with van der Waals surface area (Å²) < 4.78 is 11.6. The molecule has 1 N–H and O–H groups in total. The van der Waals surface area contributed by atoms with E-state index in [9.17, 15) is 5.11 Å². The molecule has 2 aromatic carbocycles. The highest BCUT2D eigenvalue weighted by Gasteiger charge is 2.20. The predicted molar refractivity (Wildman–Crippen MR) is 82.5 cm³/mol. The fourth-order valence-corrected chi connectivity index (χ4v) is 2.49. The van der Waals surface area contributed by atoms with Gasteiger partial charge in [0.25, 0.3) is 0 Å². The summed E-state index contributed by atoms with van der Waals surface area (Å²) in [6.07, 6.45) is -0.807. The van der Waals surface area contributed by atoms with Crippen LogP contribution in [0.1, 0.15) is 22.8 Å². The van der Waals surface area contributed by atoms with Crippen LogP contribution in [0.5, 0.6) is 11.5 Å². The number of halogens is 1. The summed E-state index contributed by atoms with van der Waals surface area (Å²) in [5.41, 5.74) is 2.53. The van der Waals surface area contributed by atoms with Crippen molar-refractivity contribution < 1.29 is 14.6 Å². The Labute approximate surface area is 127 Å². The fraction of sp³-hybridized carbons (Fsp3) is 0.250. The lowest BCUT2D eigenvalue weighted by atomic mass is 9.99. The molecule has 0 fully saturated rings. The van der Waals surface area contributed by atoms with Crippen LogP contribution in [0.4, 0.5) is 0 Å². The zero-order valence-corrected chi connectivity index (χ0v) is 13.3. The maximum atomic E-state index is 10.7. The zero-order chi connectivity index (χ0) is 14.7. The molecule has 0 aliphatic heterocycles. The van der Waals surface area contributed by atoms with E-state index in [0.29, 0.717) is 17.1 Å². The van der Waals surface area contributed by atoms with E-state index in [4.69, 9.17) is 9.47 Å². The fourth-order valence-electron chi connectivity index (χ4n) is 2.10. The summed E-state index contributed by atoms with van der Waals surface area (Å²) in [6.45, 7) is 2.00. The Hall–Kier alpha value is -1.52. The largest absolute Gasteiger partial charge is 0.496 e. The van der Waals surface area contributed by atoms with E-state index in [1.165, 1.54) is 0 Å². The number of hydrogen-bond acceptors (Lipinski definition) is 3. The van der Waals surface area contributed by atoms with Crippen molar-refractivity contribution in [2.24, 2.45) is 0 Å². The van der Waals surface area contributed by atoms with E-state index in [1.807, 2.05) is 43.3 Å². The van der Waals surface area contributed by atoms with Gasteiger partial charge in [0.15, 0.2) is 0 Å². The van der Waals surface area contributed by atoms with Gasteiger partial charge in [0.2, 0.25) is 0 Å². The van der Waals surface area contributed by atoms with E-state index >= 15 is 0 Å². The van der Waals surface area contributed by atoms with Crippen molar-refractivity contribution >= 4 is 15.9 Å². The van der Waals surface area contributed by atoms with E-state index in [0.717, 1.165) is 15.6 Å². The van der Waals surface area contributed by atoms with Gasteiger partial charge in [-0.25, -0.2) is 0 Å². The highest BCUT2D eigenvalue weighted by Crippen LogP contribution is 2.38. The van der Waals surface area contributed by atoms with Gasteiger partial charge in [-0.3, -0.25) is 0 Å².